The summed E-state index contributed by atoms with van der Waals surface area (Å²) in [4.78, 5) is 4.07. The fourth-order valence-electron chi connectivity index (χ4n) is 2.29. The summed E-state index contributed by atoms with van der Waals surface area (Å²) < 4.78 is 46.2. The van der Waals surface area contributed by atoms with Gasteiger partial charge < -0.3 is 10.2 Å². The van der Waals surface area contributed by atoms with Gasteiger partial charge in [0.05, 0.1) is 30.0 Å². The summed E-state index contributed by atoms with van der Waals surface area (Å²) in [6.07, 6.45) is 0.471. The number of rotatable bonds is 1. The van der Waals surface area contributed by atoms with Crippen LogP contribution in [0.4, 0.5) is 18.9 Å². The number of nitrogen functional groups attached to an aromatic ring is 1. The second-order valence-corrected chi connectivity index (χ2v) is 4.24. The van der Waals surface area contributed by atoms with Gasteiger partial charge in [-0.2, -0.15) is 0 Å². The van der Waals surface area contributed by atoms with Gasteiger partial charge in [-0.1, -0.05) is 0 Å². The third kappa shape index (κ3) is 1.73. The van der Waals surface area contributed by atoms with Crippen molar-refractivity contribution in [3.8, 4) is 0 Å². The minimum Gasteiger partial charge on any atom is -0.376 e. The van der Waals surface area contributed by atoms with Gasteiger partial charge in [0, 0.05) is 18.1 Å². The number of hydrogen-bond donors (Lipinski definition) is 2. The highest BCUT2D eigenvalue weighted by Gasteiger charge is 2.24. The molecule has 0 saturated heterocycles. The molecule has 3 N–H and O–H groups in total. The van der Waals surface area contributed by atoms with Crippen LogP contribution in [0.25, 0.3) is 10.9 Å². The Labute approximate surface area is 106 Å². The predicted molar refractivity (Wildman–Crippen MR) is 62.8 cm³/mol. The monoisotopic (exact) mass is 269 g/mol. The fraction of sp³-hybridized carbons (Fsp3) is 0.250. The molecular weight excluding hydrogens is 259 g/mol. The molecule has 0 aliphatic carbocycles. The number of nitrogens with zero attached hydrogens (tertiary/aromatic N) is 1. The summed E-state index contributed by atoms with van der Waals surface area (Å²) in [6, 6.07) is 0.483. The highest BCUT2D eigenvalue weighted by Crippen LogP contribution is 2.34. The Morgan fingerprint density at radius 3 is 2.79 bits per heavy atom. The van der Waals surface area contributed by atoms with Crippen LogP contribution in [0.2, 0.25) is 0 Å². The summed E-state index contributed by atoms with van der Waals surface area (Å²) >= 11 is 0. The normalized spacial score (nSPS) is 14.5. The Morgan fingerprint density at radius 2 is 2.05 bits per heavy atom. The van der Waals surface area contributed by atoms with Crippen molar-refractivity contribution in [2.24, 2.45) is 5.84 Å². The molecular formula is C12H10F3N3O. The van der Waals surface area contributed by atoms with Crippen LogP contribution >= 0.6 is 0 Å². The van der Waals surface area contributed by atoms with Gasteiger partial charge in [0.1, 0.15) is 5.52 Å². The van der Waals surface area contributed by atoms with E-state index in [4.69, 9.17) is 10.6 Å². The number of nitrogens with two attached hydrogens (primary N) is 1. The highest BCUT2D eigenvalue weighted by atomic mass is 19.2. The van der Waals surface area contributed by atoms with Crippen molar-refractivity contribution >= 4 is 16.6 Å². The zero-order chi connectivity index (χ0) is 13.6. The van der Waals surface area contributed by atoms with E-state index in [0.29, 0.717) is 30.4 Å². The molecule has 100 valence electrons. The molecule has 19 heavy (non-hydrogen) atoms. The summed E-state index contributed by atoms with van der Waals surface area (Å²) in [7, 11) is 0. The second kappa shape index (κ2) is 4.36. The van der Waals surface area contributed by atoms with Crippen LogP contribution in [0.5, 0.6) is 0 Å². The summed E-state index contributed by atoms with van der Waals surface area (Å²) in [6.45, 7) is 0.621. The average Bonchev–Trinajstić information content (AvgIpc) is 2.42. The standard InChI is InChI=1S/C12H10F3N3O/c13-6-3-7(14)12-9(10(6)15)11(18-16)5-4-19-2-1-8(5)17-12/h3H,1-2,4,16H2,(H,17,18). The highest BCUT2D eigenvalue weighted by molar-refractivity contribution is 5.94. The number of anilines is 1. The number of hydrogen-bond acceptors (Lipinski definition) is 4. The number of halogens is 3. The maximum absolute atomic E-state index is 13.9. The van der Waals surface area contributed by atoms with Crippen LogP contribution in [-0.2, 0) is 17.8 Å². The smallest absolute Gasteiger partial charge is 0.170 e. The molecule has 0 unspecified atom stereocenters. The molecule has 1 aromatic carbocycles. The van der Waals surface area contributed by atoms with Crippen molar-refractivity contribution < 1.29 is 17.9 Å². The van der Waals surface area contributed by atoms with Crippen LogP contribution in [0, 0.1) is 17.5 Å². The minimum atomic E-state index is -1.28. The maximum Gasteiger partial charge on any atom is 0.170 e. The van der Waals surface area contributed by atoms with Crippen molar-refractivity contribution in [3.05, 3.63) is 34.8 Å². The molecule has 0 bridgehead atoms. The van der Waals surface area contributed by atoms with E-state index in [-0.39, 0.29) is 23.2 Å². The largest absolute Gasteiger partial charge is 0.376 e. The van der Waals surface area contributed by atoms with Crippen LogP contribution < -0.4 is 11.3 Å². The first-order valence-electron chi connectivity index (χ1n) is 5.66. The van der Waals surface area contributed by atoms with E-state index in [1.165, 1.54) is 0 Å². The molecule has 1 aliphatic rings. The number of ether oxygens (including phenoxy) is 1. The number of fused-ring (bicyclic) bond motifs is 2. The summed E-state index contributed by atoms with van der Waals surface area (Å²) in [5, 5.41) is -0.288. The Kier molecular flexibility index (Phi) is 2.79. The molecule has 1 aromatic heterocycles. The number of aromatic nitrogens is 1. The molecule has 7 heteroatoms. The number of benzene rings is 1. The molecule has 0 radical (unpaired) electrons. The molecule has 2 heterocycles. The topological polar surface area (TPSA) is 60.2 Å². The van der Waals surface area contributed by atoms with Gasteiger partial charge in [0.25, 0.3) is 0 Å². The van der Waals surface area contributed by atoms with Crippen molar-refractivity contribution in [1.29, 1.82) is 0 Å². The lowest BCUT2D eigenvalue weighted by atomic mass is 10.0. The van der Waals surface area contributed by atoms with Gasteiger partial charge in [-0.15, -0.1) is 0 Å². The lowest BCUT2D eigenvalue weighted by Gasteiger charge is -2.21. The molecule has 1 aliphatic heterocycles. The van der Waals surface area contributed by atoms with E-state index in [0.717, 1.165) is 0 Å². The summed E-state index contributed by atoms with van der Waals surface area (Å²) in [5.74, 6) is 1.99. The molecule has 0 spiro atoms. The summed E-state index contributed by atoms with van der Waals surface area (Å²) in [5.41, 5.74) is 3.30. The quantitative estimate of drug-likeness (QED) is 0.472. The zero-order valence-corrected chi connectivity index (χ0v) is 9.77. The van der Waals surface area contributed by atoms with E-state index in [1.807, 2.05) is 0 Å². The van der Waals surface area contributed by atoms with Gasteiger partial charge in [-0.3, -0.25) is 5.84 Å². The maximum atomic E-state index is 13.9. The Bertz CT molecular complexity index is 675. The van der Waals surface area contributed by atoms with Gasteiger partial charge in [0.15, 0.2) is 17.5 Å². The van der Waals surface area contributed by atoms with Crippen LogP contribution in [-0.4, -0.2) is 11.6 Å². The molecule has 3 rings (SSSR count). The SMILES string of the molecule is NNc1c2c(nc3c(F)cc(F)c(F)c13)CCOC2. The van der Waals surface area contributed by atoms with Crippen LogP contribution in [0.15, 0.2) is 6.07 Å². The average molecular weight is 269 g/mol. The molecule has 0 atom stereocenters. The van der Waals surface area contributed by atoms with E-state index in [1.54, 1.807) is 0 Å². The van der Waals surface area contributed by atoms with E-state index >= 15 is 0 Å². The van der Waals surface area contributed by atoms with E-state index < -0.39 is 17.5 Å². The molecule has 0 amide bonds. The van der Waals surface area contributed by atoms with E-state index in [9.17, 15) is 13.2 Å². The first-order chi connectivity index (χ1) is 9.13. The zero-order valence-electron chi connectivity index (χ0n) is 9.77. The first-order valence-corrected chi connectivity index (χ1v) is 5.66. The first kappa shape index (κ1) is 12.2. The van der Waals surface area contributed by atoms with Crippen LogP contribution in [0.3, 0.4) is 0 Å². The second-order valence-electron chi connectivity index (χ2n) is 4.24. The van der Waals surface area contributed by atoms with Crippen molar-refractivity contribution in [2.45, 2.75) is 13.0 Å². The third-order valence-corrected chi connectivity index (χ3v) is 3.17. The predicted octanol–water partition coefficient (Wildman–Crippen LogP) is 2.01. The fourth-order valence-corrected chi connectivity index (χ4v) is 2.29. The van der Waals surface area contributed by atoms with Gasteiger partial charge >= 0.3 is 0 Å². The van der Waals surface area contributed by atoms with Crippen molar-refractivity contribution in [1.82, 2.24) is 4.98 Å². The number of nitrogens with one attached hydrogen (secondary N) is 1. The Morgan fingerprint density at radius 1 is 1.26 bits per heavy atom. The Balaban J connectivity index is 2.47. The molecule has 0 saturated carbocycles. The van der Waals surface area contributed by atoms with Crippen molar-refractivity contribution in [3.63, 3.8) is 0 Å². The lowest BCUT2D eigenvalue weighted by molar-refractivity contribution is 0.110. The van der Waals surface area contributed by atoms with Gasteiger partial charge in [0.2, 0.25) is 0 Å². The molecule has 0 fully saturated rings. The lowest BCUT2D eigenvalue weighted by Crippen LogP contribution is -2.19. The third-order valence-electron chi connectivity index (χ3n) is 3.17. The van der Waals surface area contributed by atoms with Crippen molar-refractivity contribution in [2.75, 3.05) is 12.0 Å². The van der Waals surface area contributed by atoms with Gasteiger partial charge in [-0.25, -0.2) is 18.2 Å². The number of hydrazine groups is 1. The molecule has 2 aromatic rings. The minimum absolute atomic E-state index is 0.121. The Hall–Kier alpha value is -1.86. The van der Waals surface area contributed by atoms with E-state index in [2.05, 4.69) is 10.4 Å². The molecule has 4 nitrogen and oxygen atoms in total. The van der Waals surface area contributed by atoms with Crippen LogP contribution in [0.1, 0.15) is 11.3 Å². The number of pyridine rings is 1. The van der Waals surface area contributed by atoms with Gasteiger partial charge in [-0.05, 0) is 0 Å².